The van der Waals surface area contributed by atoms with E-state index in [1.807, 2.05) is 4.90 Å². The highest BCUT2D eigenvalue weighted by Crippen LogP contribution is 2.35. The second kappa shape index (κ2) is 11.2. The Hall–Kier alpha value is -2.32. The molecule has 1 saturated heterocycles. The summed E-state index contributed by atoms with van der Waals surface area (Å²) in [5.74, 6) is 0.392. The molecule has 1 saturated carbocycles. The maximum Gasteiger partial charge on any atom is 0.226 e. The van der Waals surface area contributed by atoms with E-state index in [0.717, 1.165) is 50.6 Å². The van der Waals surface area contributed by atoms with Crippen LogP contribution < -0.4 is 10.2 Å². The van der Waals surface area contributed by atoms with Crippen LogP contribution in [-0.4, -0.2) is 53.1 Å². The van der Waals surface area contributed by atoms with Crippen molar-refractivity contribution in [2.45, 2.75) is 71.3 Å². The molecule has 2 aliphatic rings. The number of amides is 2. The van der Waals surface area contributed by atoms with Gasteiger partial charge < -0.3 is 15.1 Å². The maximum absolute atomic E-state index is 12.6. The molecule has 7 nitrogen and oxygen atoms in total. The van der Waals surface area contributed by atoms with E-state index < -0.39 is 0 Å². The average molecular weight is 471 g/mol. The lowest BCUT2D eigenvalue weighted by Crippen LogP contribution is -3.13. The maximum atomic E-state index is 12.6. The molecular formula is C25H36N5O2S+. The molecule has 1 aliphatic carbocycles. The van der Waals surface area contributed by atoms with E-state index >= 15 is 0 Å². The number of hydrogen-bond donors (Lipinski definition) is 2. The van der Waals surface area contributed by atoms with Crippen LogP contribution in [0.5, 0.6) is 0 Å². The summed E-state index contributed by atoms with van der Waals surface area (Å²) >= 11 is 1.48. The number of nitrogens with zero attached hydrogens (tertiary/aromatic N) is 3. The van der Waals surface area contributed by atoms with Crippen molar-refractivity contribution in [1.29, 1.82) is 0 Å². The topological polar surface area (TPSA) is 79.6 Å². The lowest BCUT2D eigenvalue weighted by atomic mass is 9.90. The van der Waals surface area contributed by atoms with Gasteiger partial charge in [0.1, 0.15) is 11.6 Å². The van der Waals surface area contributed by atoms with E-state index in [-0.39, 0.29) is 24.7 Å². The van der Waals surface area contributed by atoms with Gasteiger partial charge in [-0.25, -0.2) is 0 Å². The number of anilines is 1. The van der Waals surface area contributed by atoms with Gasteiger partial charge in [-0.15, -0.1) is 10.2 Å². The number of aryl methyl sites for hydroxylation is 2. The third kappa shape index (κ3) is 6.60. The quantitative estimate of drug-likeness (QED) is 0.652. The van der Waals surface area contributed by atoms with Crippen LogP contribution in [0.1, 0.15) is 72.6 Å². The van der Waals surface area contributed by atoms with E-state index in [0.29, 0.717) is 11.0 Å². The van der Waals surface area contributed by atoms with Crippen molar-refractivity contribution < 1.29 is 14.5 Å². The van der Waals surface area contributed by atoms with Crippen LogP contribution in [0.3, 0.4) is 0 Å². The van der Waals surface area contributed by atoms with E-state index in [2.05, 4.69) is 47.6 Å². The van der Waals surface area contributed by atoms with Crippen LogP contribution in [-0.2, 0) is 16.1 Å². The smallest absolute Gasteiger partial charge is 0.226 e. The van der Waals surface area contributed by atoms with Gasteiger partial charge in [-0.3, -0.25) is 9.59 Å². The number of hydrogen-bond acceptors (Lipinski definition) is 5. The Labute approximate surface area is 200 Å². The number of quaternary nitrogens is 1. The number of benzene rings is 1. The summed E-state index contributed by atoms with van der Waals surface area (Å²) in [6, 6.07) is 6.63. The molecule has 0 atom stereocenters. The van der Waals surface area contributed by atoms with Crippen LogP contribution in [0, 0.1) is 13.8 Å². The first kappa shape index (κ1) is 23.8. The van der Waals surface area contributed by atoms with E-state index in [9.17, 15) is 9.59 Å². The summed E-state index contributed by atoms with van der Waals surface area (Å²) in [6.45, 7) is 8.69. The third-order valence-electron chi connectivity index (χ3n) is 6.97. The van der Waals surface area contributed by atoms with Crippen LogP contribution in [0.2, 0.25) is 0 Å². The molecule has 2 amide bonds. The molecule has 2 aromatic rings. The molecule has 178 valence electrons. The van der Waals surface area contributed by atoms with Gasteiger partial charge in [-0.2, -0.15) is 0 Å². The largest absolute Gasteiger partial charge is 0.331 e. The van der Waals surface area contributed by atoms with Gasteiger partial charge in [0.2, 0.25) is 16.9 Å². The fraction of sp³-hybridized carbons (Fsp3) is 0.600. The minimum atomic E-state index is -0.159. The zero-order valence-corrected chi connectivity index (χ0v) is 20.7. The standard InChI is InChI=1S/C25H35N5O2S/c1-18-8-9-21(19(2)16-18)17-29-12-14-30(15-13-29)23(32)11-10-22(31)26-25-28-27-24(33-25)20-6-4-3-5-7-20/h8-9,16,20H,3-7,10-15,17H2,1-2H3,(H,26,28,31)/p+1. The summed E-state index contributed by atoms with van der Waals surface area (Å²) in [5, 5.41) is 12.8. The summed E-state index contributed by atoms with van der Waals surface area (Å²) in [5.41, 5.74) is 4.02. The Bertz CT molecular complexity index is 961. The van der Waals surface area contributed by atoms with Crippen molar-refractivity contribution in [2.24, 2.45) is 0 Å². The Morgan fingerprint density at radius 1 is 1.09 bits per heavy atom. The molecule has 4 rings (SSSR count). The number of carbonyl (C=O) groups excluding carboxylic acids is 2. The van der Waals surface area contributed by atoms with Gasteiger partial charge in [0, 0.05) is 24.3 Å². The monoisotopic (exact) mass is 470 g/mol. The Morgan fingerprint density at radius 3 is 2.58 bits per heavy atom. The lowest BCUT2D eigenvalue weighted by Gasteiger charge is -2.32. The average Bonchev–Trinajstić information content (AvgIpc) is 3.29. The normalized spacial score (nSPS) is 17.8. The molecule has 1 aromatic carbocycles. The number of carbonyl (C=O) groups is 2. The molecule has 0 unspecified atom stereocenters. The first-order chi connectivity index (χ1) is 16.0. The van der Waals surface area contributed by atoms with Crippen LogP contribution >= 0.6 is 11.3 Å². The molecule has 2 heterocycles. The molecule has 1 aliphatic heterocycles. The van der Waals surface area contributed by atoms with Crippen molar-refractivity contribution >= 4 is 28.3 Å². The molecule has 33 heavy (non-hydrogen) atoms. The van der Waals surface area contributed by atoms with Gasteiger partial charge in [-0.1, -0.05) is 54.4 Å². The zero-order valence-electron chi connectivity index (χ0n) is 19.9. The van der Waals surface area contributed by atoms with Crippen molar-refractivity contribution in [3.8, 4) is 0 Å². The Balaban J connectivity index is 1.17. The second-order valence-corrected chi connectivity index (χ2v) is 10.6. The lowest BCUT2D eigenvalue weighted by molar-refractivity contribution is -0.917. The van der Waals surface area contributed by atoms with Gasteiger partial charge in [0.25, 0.3) is 0 Å². The van der Waals surface area contributed by atoms with Crippen molar-refractivity contribution in [3.63, 3.8) is 0 Å². The number of rotatable bonds is 7. The third-order valence-corrected chi connectivity index (χ3v) is 7.97. The first-order valence-electron chi connectivity index (χ1n) is 12.3. The zero-order chi connectivity index (χ0) is 23.2. The number of nitrogens with one attached hydrogen (secondary N) is 2. The van der Waals surface area contributed by atoms with E-state index in [4.69, 9.17) is 0 Å². The molecular weight excluding hydrogens is 434 g/mol. The molecule has 0 bridgehead atoms. The van der Waals surface area contributed by atoms with Gasteiger partial charge in [0.15, 0.2) is 0 Å². The van der Waals surface area contributed by atoms with Crippen LogP contribution in [0.4, 0.5) is 5.13 Å². The van der Waals surface area contributed by atoms with Crippen molar-refractivity contribution in [3.05, 3.63) is 39.9 Å². The number of aromatic nitrogens is 2. The van der Waals surface area contributed by atoms with Crippen LogP contribution in [0.15, 0.2) is 18.2 Å². The van der Waals surface area contributed by atoms with Crippen molar-refractivity contribution in [2.75, 3.05) is 31.5 Å². The highest BCUT2D eigenvalue weighted by Gasteiger charge is 2.25. The molecule has 2 N–H and O–H groups in total. The second-order valence-electron chi connectivity index (χ2n) is 9.57. The summed E-state index contributed by atoms with van der Waals surface area (Å²) in [4.78, 5) is 28.4. The molecule has 0 radical (unpaired) electrons. The number of piperazine rings is 1. The predicted octanol–water partition coefficient (Wildman–Crippen LogP) is 2.85. The minimum absolute atomic E-state index is 0.0656. The van der Waals surface area contributed by atoms with Gasteiger partial charge >= 0.3 is 0 Å². The fourth-order valence-corrected chi connectivity index (χ4v) is 5.85. The highest BCUT2D eigenvalue weighted by atomic mass is 32.1. The van der Waals surface area contributed by atoms with Gasteiger partial charge in [0.05, 0.1) is 26.2 Å². The first-order valence-corrected chi connectivity index (χ1v) is 13.1. The molecule has 2 fully saturated rings. The van der Waals surface area contributed by atoms with Gasteiger partial charge in [-0.05, 0) is 32.3 Å². The Morgan fingerprint density at radius 2 is 1.85 bits per heavy atom. The van der Waals surface area contributed by atoms with Crippen LogP contribution in [0.25, 0.3) is 0 Å². The highest BCUT2D eigenvalue weighted by molar-refractivity contribution is 7.15. The summed E-state index contributed by atoms with van der Waals surface area (Å²) in [7, 11) is 0. The summed E-state index contributed by atoms with van der Waals surface area (Å²) in [6.07, 6.45) is 6.55. The summed E-state index contributed by atoms with van der Waals surface area (Å²) < 4.78 is 0. The molecule has 8 heteroatoms. The van der Waals surface area contributed by atoms with E-state index in [1.54, 1.807) is 0 Å². The molecule has 1 aromatic heterocycles. The van der Waals surface area contributed by atoms with E-state index in [1.165, 1.54) is 52.2 Å². The fourth-order valence-electron chi connectivity index (χ4n) is 4.92. The van der Waals surface area contributed by atoms with Crippen molar-refractivity contribution in [1.82, 2.24) is 15.1 Å². The predicted molar refractivity (Wildman–Crippen MR) is 130 cm³/mol. The Kier molecular flexibility index (Phi) is 8.09. The molecule has 0 spiro atoms. The SMILES string of the molecule is Cc1ccc(C[NH+]2CCN(C(=O)CCC(=O)Nc3nnc(C4CCCCC4)s3)CC2)c(C)c1. The minimum Gasteiger partial charge on any atom is -0.331 e.